The molecule has 0 rings (SSSR count). The Morgan fingerprint density at radius 2 is 2.00 bits per heavy atom. The fourth-order valence-corrected chi connectivity index (χ4v) is 0.635. The summed E-state index contributed by atoms with van der Waals surface area (Å²) in [5.74, 6) is 0.625. The predicted octanol–water partition coefficient (Wildman–Crippen LogP) is 0.191. The summed E-state index contributed by atoms with van der Waals surface area (Å²) < 4.78 is 0. The molecule has 0 aliphatic carbocycles. The predicted molar refractivity (Wildman–Crippen MR) is 42.7 cm³/mol. The third-order valence-electron chi connectivity index (χ3n) is 0.831. The molecule has 1 radical (unpaired) electrons. The van der Waals surface area contributed by atoms with E-state index >= 15 is 0 Å². The monoisotopic (exact) mass is 156 g/mol. The van der Waals surface area contributed by atoms with Crippen molar-refractivity contribution in [2.24, 2.45) is 5.73 Å². The summed E-state index contributed by atoms with van der Waals surface area (Å²) in [5.41, 5.74) is 4.87. The van der Waals surface area contributed by atoms with Gasteiger partial charge in [0.1, 0.15) is 0 Å². The standard InChI is InChI=1S/C5H11NOS.Na/c6-5(7)3-1-2-4-8;/h8H,1-4H2,(H2,6,7);. The van der Waals surface area contributed by atoms with Crippen molar-refractivity contribution in [3.05, 3.63) is 0 Å². The number of amides is 1. The molecular formula is C5H11NNaOS. The van der Waals surface area contributed by atoms with Crippen molar-refractivity contribution in [1.82, 2.24) is 0 Å². The van der Waals surface area contributed by atoms with E-state index in [9.17, 15) is 4.79 Å². The molecule has 0 spiro atoms. The van der Waals surface area contributed by atoms with Gasteiger partial charge in [-0.25, -0.2) is 0 Å². The van der Waals surface area contributed by atoms with Gasteiger partial charge in [-0.3, -0.25) is 4.79 Å². The zero-order chi connectivity index (χ0) is 6.41. The van der Waals surface area contributed by atoms with E-state index in [2.05, 4.69) is 12.6 Å². The van der Waals surface area contributed by atoms with Crippen molar-refractivity contribution in [3.63, 3.8) is 0 Å². The summed E-state index contributed by atoms with van der Waals surface area (Å²) in [5, 5.41) is 0. The topological polar surface area (TPSA) is 43.1 Å². The van der Waals surface area contributed by atoms with Gasteiger partial charge in [-0.2, -0.15) is 12.6 Å². The molecule has 2 nitrogen and oxygen atoms in total. The van der Waals surface area contributed by atoms with E-state index < -0.39 is 0 Å². The Bertz CT molecular complexity index is 79.4. The molecule has 0 atom stereocenters. The Kier molecular flexibility index (Phi) is 12.2. The smallest absolute Gasteiger partial charge is 0.217 e. The van der Waals surface area contributed by atoms with E-state index in [4.69, 9.17) is 5.73 Å². The zero-order valence-electron chi connectivity index (χ0n) is 5.76. The molecule has 0 aliphatic heterocycles. The molecule has 0 aromatic rings. The van der Waals surface area contributed by atoms with Gasteiger partial charge in [0, 0.05) is 36.0 Å². The number of rotatable bonds is 4. The van der Waals surface area contributed by atoms with Gasteiger partial charge < -0.3 is 5.73 Å². The molecule has 0 saturated carbocycles. The van der Waals surface area contributed by atoms with Crippen LogP contribution in [0.1, 0.15) is 19.3 Å². The third-order valence-corrected chi connectivity index (χ3v) is 1.15. The number of thiol groups is 1. The molecule has 9 heavy (non-hydrogen) atoms. The summed E-state index contributed by atoms with van der Waals surface area (Å²) in [6.45, 7) is 0. The van der Waals surface area contributed by atoms with Crippen LogP contribution in [-0.2, 0) is 4.79 Å². The Labute approximate surface area is 83.3 Å². The summed E-state index contributed by atoms with van der Waals surface area (Å²) in [6, 6.07) is 0. The fourth-order valence-electron chi connectivity index (χ4n) is 0.411. The van der Waals surface area contributed by atoms with Gasteiger partial charge in [0.15, 0.2) is 0 Å². The second kappa shape index (κ2) is 8.82. The first-order valence-electron chi connectivity index (χ1n) is 2.66. The van der Waals surface area contributed by atoms with Crippen LogP contribution in [0.25, 0.3) is 0 Å². The first-order valence-corrected chi connectivity index (χ1v) is 3.30. The van der Waals surface area contributed by atoms with Crippen molar-refractivity contribution in [3.8, 4) is 0 Å². The molecule has 0 aromatic heterocycles. The Morgan fingerprint density at radius 3 is 2.33 bits per heavy atom. The van der Waals surface area contributed by atoms with E-state index in [1.165, 1.54) is 0 Å². The number of unbranched alkanes of at least 4 members (excludes halogenated alkanes) is 1. The maximum atomic E-state index is 10.1. The average molecular weight is 156 g/mol. The van der Waals surface area contributed by atoms with Crippen LogP contribution in [0.3, 0.4) is 0 Å². The number of hydrogen-bond donors (Lipinski definition) is 2. The van der Waals surface area contributed by atoms with E-state index in [-0.39, 0.29) is 35.5 Å². The van der Waals surface area contributed by atoms with Crippen molar-refractivity contribution in [2.75, 3.05) is 5.75 Å². The average Bonchev–Trinajstić information content (AvgIpc) is 1.66. The van der Waals surface area contributed by atoms with Gasteiger partial charge in [-0.05, 0) is 18.6 Å². The normalized spacial score (nSPS) is 8.11. The molecule has 0 bridgehead atoms. The Balaban J connectivity index is 0. The van der Waals surface area contributed by atoms with Crippen LogP contribution >= 0.6 is 12.6 Å². The SMILES string of the molecule is NC(=O)CCCCS.[Na]. The molecule has 0 fully saturated rings. The van der Waals surface area contributed by atoms with Gasteiger partial charge in [0.25, 0.3) is 0 Å². The number of hydrogen-bond acceptors (Lipinski definition) is 2. The minimum Gasteiger partial charge on any atom is -0.370 e. The van der Waals surface area contributed by atoms with E-state index in [1.54, 1.807) is 0 Å². The molecule has 0 aliphatic rings. The minimum atomic E-state index is -0.216. The second-order valence-corrected chi connectivity index (χ2v) is 2.09. The zero-order valence-corrected chi connectivity index (χ0v) is 8.66. The van der Waals surface area contributed by atoms with Crippen molar-refractivity contribution >= 4 is 48.1 Å². The van der Waals surface area contributed by atoms with Crippen molar-refractivity contribution in [1.29, 1.82) is 0 Å². The molecule has 1 amide bonds. The van der Waals surface area contributed by atoms with Crippen molar-refractivity contribution < 1.29 is 4.79 Å². The number of nitrogens with two attached hydrogens (primary N) is 1. The van der Waals surface area contributed by atoms with Crippen molar-refractivity contribution in [2.45, 2.75) is 19.3 Å². The number of carbonyl (C=O) groups is 1. The van der Waals surface area contributed by atoms with Gasteiger partial charge in [0.05, 0.1) is 0 Å². The Hall–Kier alpha value is 0.820. The minimum absolute atomic E-state index is 0. The molecule has 49 valence electrons. The first kappa shape index (κ1) is 12.5. The number of primary amides is 1. The van der Waals surface area contributed by atoms with E-state index in [1.807, 2.05) is 0 Å². The number of carbonyl (C=O) groups excluding carboxylic acids is 1. The maximum Gasteiger partial charge on any atom is 0.217 e. The Morgan fingerprint density at radius 1 is 1.44 bits per heavy atom. The van der Waals surface area contributed by atoms with E-state index in [0.717, 1.165) is 18.6 Å². The quantitative estimate of drug-likeness (QED) is 0.340. The third kappa shape index (κ3) is 12.1. The fraction of sp³-hybridized carbons (Fsp3) is 0.800. The summed E-state index contributed by atoms with van der Waals surface area (Å²) in [4.78, 5) is 10.1. The van der Waals surface area contributed by atoms with Crippen LogP contribution in [0.5, 0.6) is 0 Å². The van der Waals surface area contributed by atoms with Gasteiger partial charge in [-0.1, -0.05) is 0 Å². The molecule has 0 unspecified atom stereocenters. The summed E-state index contributed by atoms with van der Waals surface area (Å²) in [6.07, 6.45) is 2.35. The molecule has 4 heteroatoms. The molecule has 0 aromatic carbocycles. The van der Waals surface area contributed by atoms with E-state index in [0.29, 0.717) is 6.42 Å². The van der Waals surface area contributed by atoms with Crippen LogP contribution in [0, 0.1) is 0 Å². The van der Waals surface area contributed by atoms with Gasteiger partial charge >= 0.3 is 0 Å². The van der Waals surface area contributed by atoms with Crippen LogP contribution in [0.4, 0.5) is 0 Å². The first-order chi connectivity index (χ1) is 3.77. The van der Waals surface area contributed by atoms with Crippen LogP contribution in [0.2, 0.25) is 0 Å². The van der Waals surface area contributed by atoms with Gasteiger partial charge in [0.2, 0.25) is 5.91 Å². The molecule has 0 heterocycles. The van der Waals surface area contributed by atoms with Crippen LogP contribution in [0.15, 0.2) is 0 Å². The molecule has 2 N–H and O–H groups in total. The van der Waals surface area contributed by atoms with Crippen LogP contribution < -0.4 is 5.73 Å². The van der Waals surface area contributed by atoms with Gasteiger partial charge in [-0.15, -0.1) is 0 Å². The van der Waals surface area contributed by atoms with Crippen LogP contribution in [-0.4, -0.2) is 41.2 Å². The molecule has 0 saturated heterocycles. The second-order valence-electron chi connectivity index (χ2n) is 1.65. The maximum absolute atomic E-state index is 10.1. The largest absolute Gasteiger partial charge is 0.370 e. The summed E-state index contributed by atoms with van der Waals surface area (Å²) >= 11 is 3.97. The summed E-state index contributed by atoms with van der Waals surface area (Å²) in [7, 11) is 0. The molecular weight excluding hydrogens is 145 g/mol.